The Balaban J connectivity index is 0.00000450. The molecule has 0 spiro atoms. The number of hydrogen-bond donors (Lipinski definition) is 2. The molecular formula is C14H18N5NaO8S2. The van der Waals surface area contributed by atoms with E-state index in [1.807, 2.05) is 6.92 Å². The number of nitrogen functional groups attached to an aromatic ring is 1. The molecular weight excluding hydrogens is 453 g/mol. The molecule has 1 fully saturated rings. The molecule has 0 aliphatic carbocycles. The van der Waals surface area contributed by atoms with Crippen molar-refractivity contribution in [3.63, 3.8) is 0 Å². The summed E-state index contributed by atoms with van der Waals surface area (Å²) in [6.07, 6.45) is 1.48. The van der Waals surface area contributed by atoms with Crippen molar-refractivity contribution in [2.45, 2.75) is 31.8 Å². The third-order valence-electron chi connectivity index (χ3n) is 3.75. The molecule has 0 bridgehead atoms. The minimum atomic E-state index is -5.28. The van der Waals surface area contributed by atoms with Crippen molar-refractivity contribution in [1.29, 1.82) is 0 Å². The number of carbonyl (C=O) groups excluding carboxylic acids is 3. The standard InChI is InChI=1S/C14H19N5O8S2.Na/c1-3-4-5-27-18-8(7-6-28-14(15)16-7)11(20)17-9-10(13(22)26-2)19(12(9)21)29(23,24)25;/h6,9-10H,3-5H2,1-2H3,(H2,15,16)(H,17,20)(H,23,24,25);/q;+1/p-1. The smallest absolute Gasteiger partial charge is 0.731 e. The second-order valence-electron chi connectivity index (χ2n) is 5.71. The van der Waals surface area contributed by atoms with E-state index in [2.05, 4.69) is 20.2 Å². The van der Waals surface area contributed by atoms with Gasteiger partial charge < -0.3 is 25.2 Å². The number of nitrogens with two attached hydrogens (primary N) is 1. The molecule has 0 radical (unpaired) electrons. The van der Waals surface area contributed by atoms with Crippen molar-refractivity contribution >= 4 is 50.3 Å². The number of oxime groups is 1. The largest absolute Gasteiger partial charge is 1.00 e. The summed E-state index contributed by atoms with van der Waals surface area (Å²) < 4.78 is 37.8. The van der Waals surface area contributed by atoms with Gasteiger partial charge in [-0.05, 0) is 6.42 Å². The molecule has 1 aromatic rings. The van der Waals surface area contributed by atoms with Gasteiger partial charge in [-0.15, -0.1) is 11.3 Å². The van der Waals surface area contributed by atoms with Crippen LogP contribution in [0.3, 0.4) is 0 Å². The van der Waals surface area contributed by atoms with E-state index in [0.717, 1.165) is 24.9 Å². The number of rotatable bonds is 9. The summed E-state index contributed by atoms with van der Waals surface area (Å²) >= 11 is 1.03. The van der Waals surface area contributed by atoms with Gasteiger partial charge in [0.05, 0.1) is 7.11 Å². The molecule has 1 aromatic heterocycles. The van der Waals surface area contributed by atoms with Gasteiger partial charge in [-0.3, -0.25) is 9.59 Å². The van der Waals surface area contributed by atoms with E-state index in [-0.39, 0.29) is 57.0 Å². The first-order valence-electron chi connectivity index (χ1n) is 8.20. The molecule has 30 heavy (non-hydrogen) atoms. The second-order valence-corrected chi connectivity index (χ2v) is 7.85. The molecule has 2 unspecified atom stereocenters. The molecule has 16 heteroatoms. The van der Waals surface area contributed by atoms with Crippen molar-refractivity contribution in [2.75, 3.05) is 19.5 Å². The third kappa shape index (κ3) is 5.89. The van der Waals surface area contributed by atoms with Gasteiger partial charge in [-0.1, -0.05) is 18.5 Å². The van der Waals surface area contributed by atoms with Gasteiger partial charge in [-0.25, -0.2) is 22.5 Å². The number of ether oxygens (including phenoxy) is 1. The number of β-lactam (4-membered cyclic amide) rings is 1. The number of aromatic nitrogens is 1. The molecule has 1 saturated heterocycles. The van der Waals surface area contributed by atoms with E-state index in [9.17, 15) is 27.4 Å². The quantitative estimate of drug-likeness (QED) is 0.0675. The Kier molecular flexibility index (Phi) is 9.64. The molecule has 13 nitrogen and oxygen atoms in total. The normalized spacial score (nSPS) is 18.8. The Morgan fingerprint density at radius 1 is 1.47 bits per heavy atom. The number of carbonyl (C=O) groups is 3. The Hall–Kier alpha value is -1.78. The first-order valence-corrected chi connectivity index (χ1v) is 10.4. The first-order chi connectivity index (χ1) is 13.6. The van der Waals surface area contributed by atoms with Crippen LogP contribution in [0, 0.1) is 0 Å². The summed E-state index contributed by atoms with van der Waals surface area (Å²) in [5, 5.41) is 7.44. The van der Waals surface area contributed by atoms with Gasteiger partial charge in [0.1, 0.15) is 18.3 Å². The van der Waals surface area contributed by atoms with Gasteiger partial charge in [-0.2, -0.15) is 0 Å². The number of esters is 1. The van der Waals surface area contributed by atoms with Gasteiger partial charge in [0.25, 0.3) is 11.8 Å². The fourth-order valence-electron chi connectivity index (χ4n) is 2.33. The van der Waals surface area contributed by atoms with Crippen LogP contribution in [0.2, 0.25) is 0 Å². The number of amides is 2. The molecule has 2 rings (SSSR count). The molecule has 160 valence electrons. The van der Waals surface area contributed by atoms with E-state index in [4.69, 9.17) is 10.6 Å². The summed E-state index contributed by atoms with van der Waals surface area (Å²) in [6, 6.07) is -3.47. The first kappa shape index (κ1) is 26.3. The number of unbranched alkanes of at least 4 members (excludes halogenated alkanes) is 1. The summed E-state index contributed by atoms with van der Waals surface area (Å²) in [5.41, 5.74) is 5.27. The molecule has 2 amide bonds. The summed E-state index contributed by atoms with van der Waals surface area (Å²) in [6.45, 7) is 2.13. The van der Waals surface area contributed by atoms with Gasteiger partial charge in [0.15, 0.2) is 27.2 Å². The van der Waals surface area contributed by atoms with E-state index >= 15 is 0 Å². The number of hydrogen-bond acceptors (Lipinski definition) is 12. The van der Waals surface area contributed by atoms with Gasteiger partial charge in [0, 0.05) is 5.38 Å². The maximum Gasteiger partial charge on any atom is 1.00 e. The number of thiazole rings is 1. The monoisotopic (exact) mass is 471 g/mol. The van der Waals surface area contributed by atoms with Crippen molar-refractivity contribution < 1.29 is 66.5 Å². The van der Waals surface area contributed by atoms with E-state index in [1.54, 1.807) is 0 Å². The fourth-order valence-corrected chi connectivity index (χ4v) is 3.70. The maximum atomic E-state index is 12.6. The van der Waals surface area contributed by atoms with Crippen LogP contribution < -0.4 is 40.6 Å². The summed E-state index contributed by atoms with van der Waals surface area (Å²) in [7, 11) is -4.34. The Labute approximate surface area is 198 Å². The van der Waals surface area contributed by atoms with Crippen LogP contribution in [-0.4, -0.2) is 71.6 Å². The SMILES string of the molecule is CCCCON=C(C(=O)NC1C(=O)N(S(=O)(=O)[O-])C1C(=O)OC)c1csc(N)n1.[Na+]. The van der Waals surface area contributed by atoms with Crippen molar-refractivity contribution in [3.8, 4) is 0 Å². The third-order valence-corrected chi connectivity index (χ3v) is 5.31. The molecule has 0 saturated carbocycles. The maximum absolute atomic E-state index is 12.6. The van der Waals surface area contributed by atoms with Gasteiger partial charge >= 0.3 is 35.5 Å². The van der Waals surface area contributed by atoms with Crippen LogP contribution >= 0.6 is 11.3 Å². The zero-order valence-corrected chi connectivity index (χ0v) is 20.0. The van der Waals surface area contributed by atoms with Crippen LogP contribution in [0.5, 0.6) is 0 Å². The van der Waals surface area contributed by atoms with E-state index < -0.39 is 40.2 Å². The minimum absolute atomic E-state index is 0. The van der Waals surface area contributed by atoms with E-state index in [1.165, 1.54) is 5.38 Å². The number of methoxy groups -OCH3 is 1. The zero-order chi connectivity index (χ0) is 21.8. The topological polar surface area (TPSA) is 193 Å². The molecule has 3 N–H and O–H groups in total. The van der Waals surface area contributed by atoms with Crippen LogP contribution in [0.25, 0.3) is 0 Å². The molecule has 1 aliphatic rings. The Bertz CT molecular complexity index is 935. The zero-order valence-electron chi connectivity index (χ0n) is 16.4. The number of anilines is 1. The van der Waals surface area contributed by atoms with Crippen LogP contribution in [0.1, 0.15) is 25.5 Å². The summed E-state index contributed by atoms with van der Waals surface area (Å²) in [4.78, 5) is 45.5. The number of nitrogens with zero attached hydrogens (tertiary/aromatic N) is 3. The van der Waals surface area contributed by atoms with Crippen LogP contribution in [-0.2, 0) is 34.3 Å². The molecule has 1 aliphatic heterocycles. The average Bonchev–Trinajstić information content (AvgIpc) is 3.07. The predicted octanol–water partition coefficient (Wildman–Crippen LogP) is -4.42. The summed E-state index contributed by atoms with van der Waals surface area (Å²) in [5.74, 6) is -3.46. The van der Waals surface area contributed by atoms with Gasteiger partial charge in [0.2, 0.25) is 0 Å². The fraction of sp³-hybridized carbons (Fsp3) is 0.500. The molecule has 2 atom stereocenters. The van der Waals surface area contributed by atoms with Crippen molar-refractivity contribution in [2.24, 2.45) is 5.16 Å². The van der Waals surface area contributed by atoms with Crippen molar-refractivity contribution in [3.05, 3.63) is 11.1 Å². The molecule has 2 heterocycles. The van der Waals surface area contributed by atoms with Crippen molar-refractivity contribution in [1.82, 2.24) is 14.6 Å². The van der Waals surface area contributed by atoms with E-state index in [0.29, 0.717) is 6.42 Å². The number of nitrogens with one attached hydrogen (secondary N) is 1. The molecule has 0 aromatic carbocycles. The Morgan fingerprint density at radius 2 is 2.13 bits per heavy atom. The van der Waals surface area contributed by atoms with Crippen LogP contribution in [0.4, 0.5) is 5.13 Å². The average molecular weight is 471 g/mol. The Morgan fingerprint density at radius 3 is 2.63 bits per heavy atom. The second kappa shape index (κ2) is 11.0. The predicted molar refractivity (Wildman–Crippen MR) is 98.2 cm³/mol. The van der Waals surface area contributed by atoms with Crippen LogP contribution in [0.15, 0.2) is 10.5 Å². The minimum Gasteiger partial charge on any atom is -0.731 e.